The van der Waals surface area contributed by atoms with Crippen LogP contribution in [0.5, 0.6) is 0 Å². The van der Waals surface area contributed by atoms with Crippen molar-refractivity contribution >= 4 is 11.6 Å². The number of nitrogens with one attached hydrogen (secondary N) is 1. The fourth-order valence-electron chi connectivity index (χ4n) is 2.03. The van der Waals surface area contributed by atoms with E-state index in [1.165, 1.54) is 19.3 Å². The molecule has 1 heterocycles. The molecule has 0 amide bonds. The molecule has 1 saturated heterocycles. The third-order valence-corrected chi connectivity index (χ3v) is 3.13. The standard InChI is InChI=1S/C10H20ClNO/c11-6-2-1-5-10-9(8-13)4-3-7-12-10/h9-10,12-13H,1-8H2/t9-,10+/m0/s1. The normalized spacial score (nSPS) is 29.1. The molecule has 0 aliphatic carbocycles. The van der Waals surface area contributed by atoms with Crippen LogP contribution in [-0.4, -0.2) is 30.2 Å². The molecule has 1 aliphatic heterocycles. The lowest BCUT2D eigenvalue weighted by atomic mass is 9.88. The van der Waals surface area contributed by atoms with Crippen molar-refractivity contribution in [3.63, 3.8) is 0 Å². The van der Waals surface area contributed by atoms with E-state index in [0.717, 1.165) is 25.3 Å². The zero-order valence-corrected chi connectivity index (χ0v) is 8.89. The summed E-state index contributed by atoms with van der Waals surface area (Å²) in [5.41, 5.74) is 0. The average molecular weight is 206 g/mol. The largest absolute Gasteiger partial charge is 0.396 e. The Labute approximate surface area is 85.7 Å². The van der Waals surface area contributed by atoms with Gasteiger partial charge < -0.3 is 10.4 Å². The second-order valence-electron chi connectivity index (χ2n) is 3.83. The van der Waals surface area contributed by atoms with Gasteiger partial charge in [-0.25, -0.2) is 0 Å². The summed E-state index contributed by atoms with van der Waals surface area (Å²) in [6, 6.07) is 0.530. The number of piperidine rings is 1. The maximum Gasteiger partial charge on any atom is 0.0474 e. The van der Waals surface area contributed by atoms with Gasteiger partial charge in [0.1, 0.15) is 0 Å². The molecule has 0 aromatic heterocycles. The van der Waals surface area contributed by atoms with E-state index in [9.17, 15) is 0 Å². The van der Waals surface area contributed by atoms with Crippen LogP contribution in [0.15, 0.2) is 0 Å². The van der Waals surface area contributed by atoms with Crippen LogP contribution in [0.3, 0.4) is 0 Å². The Kier molecular flexibility index (Phi) is 5.76. The molecular formula is C10H20ClNO. The first-order valence-corrected chi connectivity index (χ1v) is 5.82. The average Bonchev–Trinajstić information content (AvgIpc) is 2.19. The molecule has 2 atom stereocenters. The minimum atomic E-state index is 0.332. The number of unbranched alkanes of at least 4 members (excludes halogenated alkanes) is 1. The van der Waals surface area contributed by atoms with Crippen molar-refractivity contribution in [2.75, 3.05) is 19.0 Å². The summed E-state index contributed by atoms with van der Waals surface area (Å²) in [4.78, 5) is 0. The van der Waals surface area contributed by atoms with Crippen LogP contribution in [0.1, 0.15) is 32.1 Å². The van der Waals surface area contributed by atoms with Gasteiger partial charge >= 0.3 is 0 Å². The maximum absolute atomic E-state index is 9.15. The summed E-state index contributed by atoms with van der Waals surface area (Å²) in [7, 11) is 0. The van der Waals surface area contributed by atoms with Gasteiger partial charge in [-0.3, -0.25) is 0 Å². The van der Waals surface area contributed by atoms with Gasteiger partial charge in [-0.1, -0.05) is 6.42 Å². The molecule has 0 spiro atoms. The number of hydrogen-bond donors (Lipinski definition) is 2. The van der Waals surface area contributed by atoms with Crippen molar-refractivity contribution in [2.45, 2.75) is 38.1 Å². The monoisotopic (exact) mass is 205 g/mol. The van der Waals surface area contributed by atoms with Gasteiger partial charge in [0, 0.05) is 18.5 Å². The van der Waals surface area contributed by atoms with E-state index in [1.807, 2.05) is 0 Å². The van der Waals surface area contributed by atoms with E-state index >= 15 is 0 Å². The zero-order chi connectivity index (χ0) is 9.52. The molecule has 0 saturated carbocycles. The molecule has 0 aromatic rings. The number of alkyl halides is 1. The van der Waals surface area contributed by atoms with Crippen LogP contribution in [0.2, 0.25) is 0 Å². The summed E-state index contributed by atoms with van der Waals surface area (Å²) >= 11 is 5.62. The van der Waals surface area contributed by atoms with E-state index in [1.54, 1.807) is 0 Å². The first-order valence-electron chi connectivity index (χ1n) is 5.28. The Bertz CT molecular complexity index is 132. The van der Waals surface area contributed by atoms with Crippen LogP contribution in [-0.2, 0) is 0 Å². The summed E-state index contributed by atoms with van der Waals surface area (Å²) < 4.78 is 0. The van der Waals surface area contributed by atoms with Gasteiger partial charge in [0.25, 0.3) is 0 Å². The zero-order valence-electron chi connectivity index (χ0n) is 8.14. The van der Waals surface area contributed by atoms with Gasteiger partial charge in [-0.15, -0.1) is 11.6 Å². The summed E-state index contributed by atoms with van der Waals surface area (Å²) in [6.07, 6.45) is 5.82. The van der Waals surface area contributed by atoms with Crippen LogP contribution >= 0.6 is 11.6 Å². The molecule has 0 bridgehead atoms. The molecule has 78 valence electrons. The van der Waals surface area contributed by atoms with Crippen molar-refractivity contribution in [1.82, 2.24) is 5.32 Å². The van der Waals surface area contributed by atoms with Gasteiger partial charge in [-0.2, -0.15) is 0 Å². The Morgan fingerprint density at radius 2 is 2.23 bits per heavy atom. The van der Waals surface area contributed by atoms with Crippen molar-refractivity contribution in [1.29, 1.82) is 0 Å². The van der Waals surface area contributed by atoms with Gasteiger partial charge in [-0.05, 0) is 38.1 Å². The number of halogens is 1. The molecule has 1 aliphatic rings. The third kappa shape index (κ3) is 3.84. The first-order chi connectivity index (χ1) is 6.38. The molecular weight excluding hydrogens is 186 g/mol. The fraction of sp³-hybridized carbons (Fsp3) is 1.00. The van der Waals surface area contributed by atoms with E-state index in [2.05, 4.69) is 5.32 Å². The molecule has 13 heavy (non-hydrogen) atoms. The minimum absolute atomic E-state index is 0.332. The topological polar surface area (TPSA) is 32.3 Å². The molecule has 1 fully saturated rings. The lowest BCUT2D eigenvalue weighted by Crippen LogP contribution is -2.42. The Morgan fingerprint density at radius 1 is 1.38 bits per heavy atom. The molecule has 1 rings (SSSR count). The molecule has 0 radical (unpaired) electrons. The predicted octanol–water partition coefficient (Wildman–Crippen LogP) is 1.76. The molecule has 0 aromatic carbocycles. The predicted molar refractivity (Wildman–Crippen MR) is 56.2 cm³/mol. The molecule has 2 N–H and O–H groups in total. The number of hydrogen-bond acceptors (Lipinski definition) is 2. The Balaban J connectivity index is 2.19. The highest BCUT2D eigenvalue weighted by Crippen LogP contribution is 2.19. The number of aliphatic hydroxyl groups is 1. The van der Waals surface area contributed by atoms with Gasteiger partial charge in [0.15, 0.2) is 0 Å². The Hall–Kier alpha value is 0.210. The van der Waals surface area contributed by atoms with Crippen LogP contribution in [0.4, 0.5) is 0 Å². The SMILES string of the molecule is OC[C@@H]1CCCN[C@@H]1CCCCCl. The van der Waals surface area contributed by atoms with Crippen molar-refractivity contribution in [2.24, 2.45) is 5.92 Å². The lowest BCUT2D eigenvalue weighted by molar-refractivity contribution is 0.153. The van der Waals surface area contributed by atoms with Crippen LogP contribution in [0, 0.1) is 5.92 Å². The Morgan fingerprint density at radius 3 is 2.92 bits per heavy atom. The van der Waals surface area contributed by atoms with E-state index in [0.29, 0.717) is 18.6 Å². The quantitative estimate of drug-likeness (QED) is 0.530. The van der Waals surface area contributed by atoms with E-state index in [-0.39, 0.29) is 0 Å². The van der Waals surface area contributed by atoms with Crippen molar-refractivity contribution in [3.8, 4) is 0 Å². The second kappa shape index (κ2) is 6.63. The van der Waals surface area contributed by atoms with Gasteiger partial charge in [0.05, 0.1) is 0 Å². The smallest absolute Gasteiger partial charge is 0.0474 e. The minimum Gasteiger partial charge on any atom is -0.396 e. The third-order valence-electron chi connectivity index (χ3n) is 2.86. The van der Waals surface area contributed by atoms with Crippen LogP contribution < -0.4 is 5.32 Å². The maximum atomic E-state index is 9.15. The highest BCUT2D eigenvalue weighted by molar-refractivity contribution is 6.17. The van der Waals surface area contributed by atoms with Crippen LogP contribution in [0.25, 0.3) is 0 Å². The molecule has 3 heteroatoms. The van der Waals surface area contributed by atoms with Crippen molar-refractivity contribution < 1.29 is 5.11 Å². The number of rotatable bonds is 5. The summed E-state index contributed by atoms with van der Waals surface area (Å²) in [5.74, 6) is 1.24. The highest BCUT2D eigenvalue weighted by Gasteiger charge is 2.22. The van der Waals surface area contributed by atoms with Gasteiger partial charge in [0.2, 0.25) is 0 Å². The van der Waals surface area contributed by atoms with Crippen molar-refractivity contribution in [3.05, 3.63) is 0 Å². The highest BCUT2D eigenvalue weighted by atomic mass is 35.5. The second-order valence-corrected chi connectivity index (χ2v) is 4.21. The first kappa shape index (κ1) is 11.3. The fourth-order valence-corrected chi connectivity index (χ4v) is 2.22. The number of aliphatic hydroxyl groups excluding tert-OH is 1. The molecule has 2 nitrogen and oxygen atoms in total. The lowest BCUT2D eigenvalue weighted by Gasteiger charge is -2.31. The summed E-state index contributed by atoms with van der Waals surface area (Å²) in [5, 5.41) is 12.6. The van der Waals surface area contributed by atoms with E-state index < -0.39 is 0 Å². The summed E-state index contributed by atoms with van der Waals surface area (Å²) in [6.45, 7) is 1.45. The molecule has 0 unspecified atom stereocenters. The van der Waals surface area contributed by atoms with E-state index in [4.69, 9.17) is 16.7 Å².